The summed E-state index contributed by atoms with van der Waals surface area (Å²) in [6.45, 7) is 2.15. The zero-order valence-electron chi connectivity index (χ0n) is 14.7. The van der Waals surface area contributed by atoms with Crippen LogP contribution in [0.1, 0.15) is 5.69 Å². The first-order valence-corrected chi connectivity index (χ1v) is 8.96. The molecule has 1 heteroatoms. The van der Waals surface area contributed by atoms with Crippen molar-refractivity contribution in [2.24, 2.45) is 0 Å². The number of aryl methyl sites for hydroxylation is 1. The van der Waals surface area contributed by atoms with Gasteiger partial charge in [0.25, 0.3) is 0 Å². The number of fused-ring (bicyclic) bond motifs is 2. The summed E-state index contributed by atoms with van der Waals surface area (Å²) in [5, 5.41) is 5.09. The Morgan fingerprint density at radius 3 is 1.73 bits per heavy atom. The molecule has 0 aliphatic rings. The van der Waals surface area contributed by atoms with E-state index in [-0.39, 0.29) is 0 Å². The van der Waals surface area contributed by atoms with Crippen LogP contribution in [0.5, 0.6) is 0 Å². The van der Waals surface area contributed by atoms with E-state index < -0.39 is 0 Å². The van der Waals surface area contributed by atoms with E-state index in [0.29, 0.717) is 0 Å². The number of rotatable bonds is 2. The van der Waals surface area contributed by atoms with E-state index in [1.54, 1.807) is 0 Å². The molecule has 124 valence electrons. The minimum absolute atomic E-state index is 1.16. The van der Waals surface area contributed by atoms with Gasteiger partial charge in [0.2, 0.25) is 0 Å². The maximum atomic E-state index is 3.57. The highest BCUT2D eigenvalue weighted by Crippen LogP contribution is 2.32. The van der Waals surface area contributed by atoms with Gasteiger partial charge in [0.05, 0.1) is 0 Å². The van der Waals surface area contributed by atoms with Crippen LogP contribution in [0.4, 0.5) is 0 Å². The summed E-state index contributed by atoms with van der Waals surface area (Å²) in [6.07, 6.45) is 0. The van der Waals surface area contributed by atoms with Crippen molar-refractivity contribution in [2.75, 3.05) is 0 Å². The van der Waals surface area contributed by atoms with Crippen molar-refractivity contribution in [3.63, 3.8) is 0 Å². The van der Waals surface area contributed by atoms with Crippen molar-refractivity contribution < 1.29 is 0 Å². The van der Waals surface area contributed by atoms with E-state index in [0.717, 1.165) is 5.69 Å². The summed E-state index contributed by atoms with van der Waals surface area (Å²) in [5.41, 5.74) is 6.10. The van der Waals surface area contributed by atoms with Crippen molar-refractivity contribution in [3.8, 4) is 22.4 Å². The monoisotopic (exact) mass is 333 g/mol. The van der Waals surface area contributed by atoms with E-state index in [1.807, 2.05) is 0 Å². The molecule has 0 saturated heterocycles. The molecule has 0 unspecified atom stereocenters. The standard InChI is InChI=1S/C25H19N/c1-17-24(22-12-10-18-6-2-4-8-20(18)14-22)16-25(26-17)23-13-11-19-7-3-5-9-21(19)15-23/h2-16,26H,1H3. The summed E-state index contributed by atoms with van der Waals surface area (Å²) >= 11 is 0. The smallest absolute Gasteiger partial charge is 0.0462 e. The highest BCUT2D eigenvalue weighted by molar-refractivity contribution is 5.90. The molecule has 26 heavy (non-hydrogen) atoms. The van der Waals surface area contributed by atoms with E-state index in [1.165, 1.54) is 43.9 Å². The Hall–Kier alpha value is -3.32. The molecular formula is C25H19N. The van der Waals surface area contributed by atoms with Gasteiger partial charge in [-0.3, -0.25) is 0 Å². The molecule has 0 saturated carbocycles. The van der Waals surface area contributed by atoms with E-state index in [9.17, 15) is 0 Å². The van der Waals surface area contributed by atoms with Crippen LogP contribution in [0.3, 0.4) is 0 Å². The summed E-state index contributed by atoms with van der Waals surface area (Å²) in [7, 11) is 0. The first kappa shape index (κ1) is 15.0. The molecule has 0 amide bonds. The zero-order valence-corrected chi connectivity index (χ0v) is 14.7. The number of nitrogens with one attached hydrogen (secondary N) is 1. The molecule has 0 bridgehead atoms. The van der Waals surface area contributed by atoms with Gasteiger partial charge in [-0.1, -0.05) is 72.8 Å². The number of H-pyrrole nitrogens is 1. The molecule has 0 fully saturated rings. The molecule has 1 aromatic heterocycles. The zero-order chi connectivity index (χ0) is 17.5. The Kier molecular flexibility index (Phi) is 3.39. The fourth-order valence-electron chi connectivity index (χ4n) is 3.73. The van der Waals surface area contributed by atoms with Gasteiger partial charge < -0.3 is 4.98 Å². The van der Waals surface area contributed by atoms with Gasteiger partial charge in [-0.05, 0) is 57.8 Å². The molecule has 1 heterocycles. The Balaban J connectivity index is 1.61. The van der Waals surface area contributed by atoms with E-state index >= 15 is 0 Å². The normalized spacial score (nSPS) is 11.3. The first-order valence-electron chi connectivity index (χ1n) is 8.96. The summed E-state index contributed by atoms with van der Waals surface area (Å²) in [6, 6.07) is 32.6. The second-order valence-electron chi connectivity index (χ2n) is 6.85. The van der Waals surface area contributed by atoms with Crippen molar-refractivity contribution in [2.45, 2.75) is 6.92 Å². The second kappa shape index (κ2) is 5.89. The van der Waals surface area contributed by atoms with Crippen LogP contribution in [0.2, 0.25) is 0 Å². The lowest BCUT2D eigenvalue weighted by Crippen LogP contribution is -1.80. The Morgan fingerprint density at radius 2 is 1.08 bits per heavy atom. The number of benzene rings is 4. The quantitative estimate of drug-likeness (QED) is 0.359. The molecule has 1 N–H and O–H groups in total. The molecule has 4 aromatic carbocycles. The van der Waals surface area contributed by atoms with Crippen LogP contribution in [-0.2, 0) is 0 Å². The summed E-state index contributed by atoms with van der Waals surface area (Å²) in [4.78, 5) is 3.57. The van der Waals surface area contributed by atoms with Gasteiger partial charge in [-0.25, -0.2) is 0 Å². The highest BCUT2D eigenvalue weighted by atomic mass is 14.7. The SMILES string of the molecule is Cc1[nH]c(-c2ccc3ccccc3c2)cc1-c1ccc2ccccc2c1. The Bertz CT molecular complexity index is 1240. The van der Waals surface area contributed by atoms with Crippen LogP contribution < -0.4 is 0 Å². The van der Waals surface area contributed by atoms with Gasteiger partial charge in [-0.2, -0.15) is 0 Å². The third-order valence-corrected chi connectivity index (χ3v) is 5.14. The van der Waals surface area contributed by atoms with Crippen LogP contribution >= 0.6 is 0 Å². The number of aromatic amines is 1. The predicted octanol–water partition coefficient (Wildman–Crippen LogP) is 6.96. The second-order valence-corrected chi connectivity index (χ2v) is 6.85. The van der Waals surface area contributed by atoms with Gasteiger partial charge >= 0.3 is 0 Å². The van der Waals surface area contributed by atoms with Crippen LogP contribution in [0, 0.1) is 6.92 Å². The van der Waals surface area contributed by atoms with E-state index in [4.69, 9.17) is 0 Å². The molecule has 0 aliphatic heterocycles. The summed E-state index contributed by atoms with van der Waals surface area (Å²) in [5.74, 6) is 0. The lowest BCUT2D eigenvalue weighted by Gasteiger charge is -2.03. The van der Waals surface area contributed by atoms with E-state index in [2.05, 4.69) is 103 Å². The molecule has 0 aliphatic carbocycles. The molecule has 5 rings (SSSR count). The van der Waals surface area contributed by atoms with Crippen molar-refractivity contribution >= 4 is 21.5 Å². The highest BCUT2D eigenvalue weighted by Gasteiger charge is 2.09. The van der Waals surface area contributed by atoms with Crippen molar-refractivity contribution in [3.05, 3.63) is 96.7 Å². The van der Waals surface area contributed by atoms with Crippen LogP contribution in [-0.4, -0.2) is 4.98 Å². The third kappa shape index (κ3) is 2.49. The maximum absolute atomic E-state index is 3.57. The Morgan fingerprint density at radius 1 is 0.538 bits per heavy atom. The number of hydrogen-bond donors (Lipinski definition) is 1. The third-order valence-electron chi connectivity index (χ3n) is 5.14. The van der Waals surface area contributed by atoms with Crippen LogP contribution in [0.15, 0.2) is 91.0 Å². The predicted molar refractivity (Wildman–Crippen MR) is 111 cm³/mol. The molecule has 0 radical (unpaired) electrons. The number of hydrogen-bond acceptors (Lipinski definition) is 0. The average Bonchev–Trinajstić information content (AvgIpc) is 3.09. The van der Waals surface area contributed by atoms with Gasteiger partial charge in [0.1, 0.15) is 0 Å². The van der Waals surface area contributed by atoms with Gasteiger partial charge in [-0.15, -0.1) is 0 Å². The Labute approximate surface area is 152 Å². The fourth-order valence-corrected chi connectivity index (χ4v) is 3.73. The summed E-state index contributed by atoms with van der Waals surface area (Å²) < 4.78 is 0. The lowest BCUT2D eigenvalue weighted by molar-refractivity contribution is 1.27. The topological polar surface area (TPSA) is 15.8 Å². The lowest BCUT2D eigenvalue weighted by atomic mass is 10.0. The first-order chi connectivity index (χ1) is 12.8. The fraction of sp³-hybridized carbons (Fsp3) is 0.0400. The molecule has 0 spiro atoms. The molecular weight excluding hydrogens is 314 g/mol. The van der Waals surface area contributed by atoms with Crippen LogP contribution in [0.25, 0.3) is 43.9 Å². The van der Waals surface area contributed by atoms with Gasteiger partial charge in [0.15, 0.2) is 0 Å². The largest absolute Gasteiger partial charge is 0.358 e. The molecule has 5 aromatic rings. The van der Waals surface area contributed by atoms with Crippen molar-refractivity contribution in [1.82, 2.24) is 4.98 Å². The molecule has 1 nitrogen and oxygen atoms in total. The average molecular weight is 333 g/mol. The molecule has 0 atom stereocenters. The minimum atomic E-state index is 1.16. The number of aromatic nitrogens is 1. The van der Waals surface area contributed by atoms with Crippen molar-refractivity contribution in [1.29, 1.82) is 0 Å². The minimum Gasteiger partial charge on any atom is -0.358 e. The maximum Gasteiger partial charge on any atom is 0.0462 e. The van der Waals surface area contributed by atoms with Gasteiger partial charge in [0, 0.05) is 17.0 Å².